The van der Waals surface area contributed by atoms with Crippen molar-refractivity contribution in [3.63, 3.8) is 0 Å². The average molecular weight is 494 g/mol. The molecular weight excluding hydrogens is 470 g/mol. The fraction of sp³-hybridized carbons (Fsp3) is 0.172. The van der Waals surface area contributed by atoms with Gasteiger partial charge >= 0.3 is 0 Å². The molecule has 0 bridgehead atoms. The van der Waals surface area contributed by atoms with Gasteiger partial charge in [0.05, 0.1) is 12.1 Å². The minimum absolute atomic E-state index is 0.198. The van der Waals surface area contributed by atoms with Crippen molar-refractivity contribution in [1.29, 1.82) is 0 Å². The third-order valence-corrected chi connectivity index (χ3v) is 8.02. The first-order valence-corrected chi connectivity index (χ1v) is 12.4. The number of para-hydroxylation sites is 2. The lowest BCUT2D eigenvalue weighted by Crippen LogP contribution is -2.30. The molecule has 2 aliphatic heterocycles. The Labute approximate surface area is 201 Å². The zero-order valence-corrected chi connectivity index (χ0v) is 19.9. The van der Waals surface area contributed by atoms with E-state index in [1.54, 1.807) is 0 Å². The van der Waals surface area contributed by atoms with E-state index in [1.807, 2.05) is 0 Å². The maximum Gasteiger partial charge on any atom is 0.0633 e. The van der Waals surface area contributed by atoms with E-state index in [-0.39, 0.29) is 12.1 Å². The van der Waals surface area contributed by atoms with Gasteiger partial charge < -0.3 is 15.2 Å². The molecule has 3 nitrogen and oxygen atoms in total. The van der Waals surface area contributed by atoms with Gasteiger partial charge in [0.25, 0.3) is 0 Å². The number of nitrogens with zero attached hydrogens (tertiary/aromatic N) is 1. The van der Waals surface area contributed by atoms with Crippen LogP contribution in [0.15, 0.2) is 89.4 Å². The summed E-state index contributed by atoms with van der Waals surface area (Å²) in [7, 11) is 0. The highest BCUT2D eigenvalue weighted by molar-refractivity contribution is 9.10. The van der Waals surface area contributed by atoms with Crippen LogP contribution in [0.2, 0.25) is 0 Å². The van der Waals surface area contributed by atoms with Gasteiger partial charge in [-0.25, -0.2) is 0 Å². The lowest BCUT2D eigenvalue weighted by atomic mass is 9.77. The number of aromatic nitrogens is 1. The lowest BCUT2D eigenvalue weighted by molar-refractivity contribution is 0.523. The van der Waals surface area contributed by atoms with Crippen molar-refractivity contribution in [3.8, 4) is 0 Å². The molecule has 33 heavy (non-hydrogen) atoms. The van der Waals surface area contributed by atoms with Crippen LogP contribution in [0.25, 0.3) is 21.8 Å². The van der Waals surface area contributed by atoms with Gasteiger partial charge in [-0.3, -0.25) is 0 Å². The SMILES string of the molecule is CCn1c2ccccc2c2c3c(ccc21)N[C@H](c1ccc(Br)cc1)[C@H]1c2ccccc2N[C@@H]31. The first-order valence-electron chi connectivity index (χ1n) is 11.7. The predicted molar refractivity (Wildman–Crippen MR) is 141 cm³/mol. The largest absolute Gasteiger partial charge is 0.377 e. The highest BCUT2D eigenvalue weighted by Crippen LogP contribution is 2.57. The van der Waals surface area contributed by atoms with E-state index >= 15 is 0 Å². The predicted octanol–water partition coefficient (Wildman–Crippen LogP) is 7.99. The van der Waals surface area contributed by atoms with Crippen molar-refractivity contribution in [2.45, 2.75) is 31.5 Å². The maximum absolute atomic E-state index is 3.96. The van der Waals surface area contributed by atoms with Gasteiger partial charge in [0.15, 0.2) is 0 Å². The van der Waals surface area contributed by atoms with E-state index in [0.29, 0.717) is 5.92 Å². The summed E-state index contributed by atoms with van der Waals surface area (Å²) in [6.45, 7) is 3.19. The van der Waals surface area contributed by atoms with Crippen LogP contribution in [0.5, 0.6) is 0 Å². The van der Waals surface area contributed by atoms with Gasteiger partial charge in [0.2, 0.25) is 0 Å². The van der Waals surface area contributed by atoms with Crippen LogP contribution >= 0.6 is 15.9 Å². The lowest BCUT2D eigenvalue weighted by Gasteiger charge is -2.38. The number of rotatable bonds is 2. The highest BCUT2D eigenvalue weighted by atomic mass is 79.9. The Hall–Kier alpha value is -3.24. The fourth-order valence-electron chi connectivity index (χ4n) is 6.15. The Morgan fingerprint density at radius 3 is 2.36 bits per heavy atom. The zero-order chi connectivity index (χ0) is 22.1. The van der Waals surface area contributed by atoms with Crippen LogP contribution in [0, 0.1) is 0 Å². The minimum Gasteiger partial charge on any atom is -0.377 e. The monoisotopic (exact) mass is 493 g/mol. The molecule has 5 aromatic rings. The molecule has 0 radical (unpaired) electrons. The van der Waals surface area contributed by atoms with Gasteiger partial charge in [0, 0.05) is 55.7 Å². The number of hydrogen-bond donors (Lipinski definition) is 2. The summed E-state index contributed by atoms with van der Waals surface area (Å²) in [6.07, 6.45) is 0. The van der Waals surface area contributed by atoms with Crippen LogP contribution in [-0.4, -0.2) is 4.57 Å². The summed E-state index contributed by atoms with van der Waals surface area (Å²) in [5.74, 6) is 0.309. The summed E-state index contributed by atoms with van der Waals surface area (Å²) in [4.78, 5) is 0. The van der Waals surface area contributed by atoms with E-state index in [2.05, 4.69) is 123 Å². The van der Waals surface area contributed by atoms with Crippen molar-refractivity contribution < 1.29 is 0 Å². The molecule has 0 spiro atoms. The van der Waals surface area contributed by atoms with Crippen molar-refractivity contribution in [1.82, 2.24) is 4.57 Å². The van der Waals surface area contributed by atoms with Gasteiger partial charge in [-0.15, -0.1) is 0 Å². The summed E-state index contributed by atoms with van der Waals surface area (Å²) in [5, 5.41) is 10.6. The molecule has 4 aromatic carbocycles. The molecule has 1 aromatic heterocycles. The third kappa shape index (κ3) is 2.67. The van der Waals surface area contributed by atoms with Crippen molar-refractivity contribution in [2.24, 2.45) is 0 Å². The molecule has 3 atom stereocenters. The van der Waals surface area contributed by atoms with Gasteiger partial charge in [0.1, 0.15) is 0 Å². The Kier molecular flexibility index (Phi) is 4.16. The second-order valence-corrected chi connectivity index (χ2v) is 10.0. The summed E-state index contributed by atoms with van der Waals surface area (Å²) >= 11 is 3.60. The molecule has 2 N–H and O–H groups in total. The standard InChI is InChI=1S/C29H24BrN3/c1-2-33-23-10-6-4-8-20(23)25-24(33)16-15-22-27(25)29-26(19-7-3-5-9-21(19)31-29)28(32-22)17-11-13-18(30)14-12-17/h3-16,26,28-29,31-32H,2H2,1H3/t26-,28-,29-/m1/s1. The molecule has 0 saturated heterocycles. The van der Waals surface area contributed by atoms with E-state index < -0.39 is 0 Å². The smallest absolute Gasteiger partial charge is 0.0633 e. The van der Waals surface area contributed by atoms with E-state index in [0.717, 1.165) is 11.0 Å². The van der Waals surface area contributed by atoms with E-state index in [1.165, 1.54) is 49.9 Å². The second kappa shape index (κ2) is 7.13. The Bertz CT molecular complexity index is 1530. The summed E-state index contributed by atoms with van der Waals surface area (Å²) in [5.41, 5.74) is 9.21. The first-order chi connectivity index (χ1) is 16.2. The molecule has 0 aliphatic carbocycles. The number of aryl methyl sites for hydroxylation is 1. The number of halogens is 1. The van der Waals surface area contributed by atoms with Crippen LogP contribution in [-0.2, 0) is 6.54 Å². The zero-order valence-electron chi connectivity index (χ0n) is 18.3. The van der Waals surface area contributed by atoms with Crippen molar-refractivity contribution in [2.75, 3.05) is 10.6 Å². The summed E-state index contributed by atoms with van der Waals surface area (Å²) < 4.78 is 3.56. The van der Waals surface area contributed by atoms with Crippen LogP contribution in [0.4, 0.5) is 11.4 Å². The van der Waals surface area contributed by atoms with Gasteiger partial charge in [-0.1, -0.05) is 64.5 Å². The second-order valence-electron chi connectivity index (χ2n) is 9.09. The first kappa shape index (κ1) is 19.2. The molecule has 4 heteroatoms. The van der Waals surface area contributed by atoms with E-state index in [4.69, 9.17) is 0 Å². The van der Waals surface area contributed by atoms with Crippen molar-refractivity contribution >= 4 is 49.1 Å². The maximum atomic E-state index is 3.96. The topological polar surface area (TPSA) is 29.0 Å². The number of nitrogens with one attached hydrogen (secondary N) is 2. The molecule has 0 amide bonds. The van der Waals surface area contributed by atoms with Crippen molar-refractivity contribution in [3.05, 3.63) is 106 Å². The molecule has 2 aliphatic rings. The molecule has 162 valence electrons. The third-order valence-electron chi connectivity index (χ3n) is 7.50. The number of anilines is 2. The molecule has 0 unspecified atom stereocenters. The quantitative estimate of drug-likeness (QED) is 0.260. The Balaban J connectivity index is 1.53. The number of hydrogen-bond acceptors (Lipinski definition) is 2. The Morgan fingerprint density at radius 1 is 0.758 bits per heavy atom. The minimum atomic E-state index is 0.198. The molecular formula is C29H24BrN3. The van der Waals surface area contributed by atoms with Gasteiger partial charge in [-0.05, 0) is 54.4 Å². The molecule has 0 saturated carbocycles. The fourth-order valence-corrected chi connectivity index (χ4v) is 6.42. The molecule has 3 heterocycles. The van der Waals surface area contributed by atoms with Crippen LogP contribution < -0.4 is 10.6 Å². The molecule has 7 rings (SSSR count). The normalized spacial score (nSPS) is 20.7. The average Bonchev–Trinajstić information content (AvgIpc) is 3.40. The number of benzene rings is 4. The van der Waals surface area contributed by atoms with Crippen LogP contribution in [0.3, 0.4) is 0 Å². The number of fused-ring (bicyclic) bond motifs is 9. The Morgan fingerprint density at radius 2 is 1.52 bits per heavy atom. The highest BCUT2D eigenvalue weighted by Gasteiger charge is 2.44. The van der Waals surface area contributed by atoms with Crippen LogP contribution in [0.1, 0.15) is 41.6 Å². The molecule has 0 fully saturated rings. The van der Waals surface area contributed by atoms with Gasteiger partial charge in [-0.2, -0.15) is 0 Å². The summed E-state index contributed by atoms with van der Waals surface area (Å²) in [6, 6.07) is 31.4. The van der Waals surface area contributed by atoms with E-state index in [9.17, 15) is 0 Å².